The molecule has 0 bridgehead atoms. The number of carbonyl (C=O) groups is 2. The molecule has 0 fully saturated rings. The minimum atomic E-state index is -1.60. The third-order valence-electron chi connectivity index (χ3n) is 2.66. The Morgan fingerprint density at radius 3 is 2.45 bits per heavy atom. The number of methoxy groups -OCH3 is 1. The van der Waals surface area contributed by atoms with E-state index in [1.165, 1.54) is 4.90 Å². The van der Waals surface area contributed by atoms with Crippen molar-refractivity contribution in [1.29, 1.82) is 0 Å². The monoisotopic (exact) mass is 282 g/mol. The lowest BCUT2D eigenvalue weighted by molar-refractivity contribution is -0.146. The third-order valence-corrected chi connectivity index (χ3v) is 2.66. The number of hydrogen-bond donors (Lipinski definition) is 3. The number of ether oxygens (including phenoxy) is 1. The molecule has 2 amide bonds. The third kappa shape index (κ3) is 4.77. The van der Waals surface area contributed by atoms with Crippen LogP contribution in [0.5, 0.6) is 5.75 Å². The number of carboxylic acids is 1. The van der Waals surface area contributed by atoms with Gasteiger partial charge in [0.15, 0.2) is 6.10 Å². The number of urea groups is 1. The summed E-state index contributed by atoms with van der Waals surface area (Å²) < 4.78 is 5.03. The molecule has 1 aromatic carbocycles. The average molecular weight is 282 g/mol. The van der Waals surface area contributed by atoms with Crippen molar-refractivity contribution in [2.24, 2.45) is 0 Å². The van der Waals surface area contributed by atoms with Crippen molar-refractivity contribution < 1.29 is 24.5 Å². The van der Waals surface area contributed by atoms with Gasteiger partial charge in [0.25, 0.3) is 0 Å². The number of benzene rings is 1. The fraction of sp³-hybridized carbons (Fsp3) is 0.385. The molecule has 1 rings (SSSR count). The maximum Gasteiger partial charge on any atom is 0.334 e. The zero-order valence-electron chi connectivity index (χ0n) is 11.4. The van der Waals surface area contributed by atoms with E-state index in [1.807, 2.05) is 12.1 Å². The Labute approximate surface area is 116 Å². The molecule has 0 aliphatic heterocycles. The molecular formula is C13H18N2O5. The maximum absolute atomic E-state index is 11.7. The summed E-state index contributed by atoms with van der Waals surface area (Å²) in [5.74, 6) is -0.645. The lowest BCUT2D eigenvalue weighted by Gasteiger charge is -2.18. The van der Waals surface area contributed by atoms with Crippen LogP contribution in [0.25, 0.3) is 0 Å². The Bertz CT molecular complexity index is 460. The number of nitrogens with zero attached hydrogens (tertiary/aromatic N) is 1. The first-order valence-corrected chi connectivity index (χ1v) is 5.96. The standard InChI is InChI=1S/C13H18N2O5/c1-15(13(19)14-7-11(16)12(17)18)8-9-3-5-10(20-2)6-4-9/h3-6,11,16H,7-8H2,1-2H3,(H,14,19)(H,17,18). The van der Waals surface area contributed by atoms with E-state index in [0.717, 1.165) is 11.3 Å². The molecule has 0 aliphatic carbocycles. The number of hydrogen-bond acceptors (Lipinski definition) is 4. The van der Waals surface area contributed by atoms with Gasteiger partial charge in [-0.1, -0.05) is 12.1 Å². The molecule has 1 atom stereocenters. The summed E-state index contributed by atoms with van der Waals surface area (Å²) >= 11 is 0. The highest BCUT2D eigenvalue weighted by atomic mass is 16.5. The quantitative estimate of drug-likeness (QED) is 0.696. The second-order valence-corrected chi connectivity index (χ2v) is 4.24. The van der Waals surface area contributed by atoms with Crippen LogP contribution >= 0.6 is 0 Å². The van der Waals surface area contributed by atoms with Gasteiger partial charge in [-0.3, -0.25) is 0 Å². The Balaban J connectivity index is 2.46. The van der Waals surface area contributed by atoms with Gasteiger partial charge in [0.1, 0.15) is 5.75 Å². The summed E-state index contributed by atoms with van der Waals surface area (Å²) in [6, 6.07) is 6.77. The smallest absolute Gasteiger partial charge is 0.334 e. The van der Waals surface area contributed by atoms with Crippen LogP contribution in [0.4, 0.5) is 4.79 Å². The molecule has 0 saturated carbocycles. The molecule has 0 saturated heterocycles. The van der Waals surface area contributed by atoms with Crippen molar-refractivity contribution in [2.45, 2.75) is 12.6 Å². The Kier molecular flexibility index (Phi) is 5.79. The highest BCUT2D eigenvalue weighted by Gasteiger charge is 2.16. The van der Waals surface area contributed by atoms with E-state index in [1.54, 1.807) is 26.3 Å². The summed E-state index contributed by atoms with van der Waals surface area (Å²) in [6.45, 7) is 0.0279. The lowest BCUT2D eigenvalue weighted by atomic mass is 10.2. The zero-order valence-corrected chi connectivity index (χ0v) is 11.4. The molecule has 20 heavy (non-hydrogen) atoms. The van der Waals surface area contributed by atoms with Gasteiger partial charge < -0.3 is 25.2 Å². The van der Waals surface area contributed by atoms with Crippen molar-refractivity contribution in [3.8, 4) is 5.75 Å². The van der Waals surface area contributed by atoms with E-state index in [0.29, 0.717) is 6.54 Å². The first-order valence-electron chi connectivity index (χ1n) is 5.96. The second kappa shape index (κ2) is 7.34. The van der Waals surface area contributed by atoms with E-state index < -0.39 is 18.1 Å². The van der Waals surface area contributed by atoms with Crippen molar-refractivity contribution in [3.63, 3.8) is 0 Å². The van der Waals surface area contributed by atoms with Gasteiger partial charge >= 0.3 is 12.0 Å². The summed E-state index contributed by atoms with van der Waals surface area (Å²) in [6.07, 6.45) is -1.60. The van der Waals surface area contributed by atoms with Crippen molar-refractivity contribution in [3.05, 3.63) is 29.8 Å². The molecule has 3 N–H and O–H groups in total. The van der Waals surface area contributed by atoms with Crippen LogP contribution in [0, 0.1) is 0 Å². The van der Waals surface area contributed by atoms with Crippen LogP contribution in [-0.4, -0.2) is 53.9 Å². The van der Waals surface area contributed by atoms with Crippen LogP contribution in [-0.2, 0) is 11.3 Å². The Morgan fingerprint density at radius 2 is 1.95 bits per heavy atom. The van der Waals surface area contributed by atoms with Crippen molar-refractivity contribution >= 4 is 12.0 Å². The number of carbonyl (C=O) groups excluding carboxylic acids is 1. The Morgan fingerprint density at radius 1 is 1.35 bits per heavy atom. The molecule has 1 aromatic rings. The van der Waals surface area contributed by atoms with Crippen LogP contribution in [0.3, 0.4) is 0 Å². The van der Waals surface area contributed by atoms with Gasteiger partial charge in [-0.15, -0.1) is 0 Å². The fourth-order valence-corrected chi connectivity index (χ4v) is 1.48. The lowest BCUT2D eigenvalue weighted by Crippen LogP contribution is -2.42. The number of aliphatic carboxylic acids is 1. The average Bonchev–Trinajstić information content (AvgIpc) is 2.44. The summed E-state index contributed by atoms with van der Waals surface area (Å²) in [5.41, 5.74) is 0.905. The number of amides is 2. The molecule has 0 radical (unpaired) electrons. The van der Waals surface area contributed by atoms with E-state index >= 15 is 0 Å². The first-order chi connectivity index (χ1) is 9.43. The summed E-state index contributed by atoms with van der Waals surface area (Å²) in [5, 5.41) is 19.9. The molecule has 110 valence electrons. The van der Waals surface area contributed by atoms with E-state index in [9.17, 15) is 9.59 Å². The molecule has 0 aromatic heterocycles. The van der Waals surface area contributed by atoms with Crippen molar-refractivity contribution in [1.82, 2.24) is 10.2 Å². The molecule has 1 unspecified atom stereocenters. The SMILES string of the molecule is COc1ccc(CN(C)C(=O)NCC(O)C(=O)O)cc1. The predicted octanol–water partition coefficient (Wildman–Crippen LogP) is 0.282. The van der Waals surface area contributed by atoms with Gasteiger partial charge in [-0.05, 0) is 17.7 Å². The van der Waals surface area contributed by atoms with Gasteiger partial charge in [0.05, 0.1) is 13.7 Å². The number of aliphatic hydroxyl groups excluding tert-OH is 1. The van der Waals surface area contributed by atoms with Crippen LogP contribution in [0.2, 0.25) is 0 Å². The highest BCUT2D eigenvalue weighted by molar-refractivity contribution is 5.76. The molecule has 0 spiro atoms. The zero-order chi connectivity index (χ0) is 15.1. The molecular weight excluding hydrogens is 264 g/mol. The maximum atomic E-state index is 11.7. The minimum absolute atomic E-state index is 0.332. The molecule has 0 heterocycles. The summed E-state index contributed by atoms with van der Waals surface area (Å²) in [4.78, 5) is 23.5. The number of aliphatic hydroxyl groups is 1. The summed E-state index contributed by atoms with van der Waals surface area (Å²) in [7, 11) is 3.15. The van der Waals surface area contributed by atoms with Gasteiger partial charge in [0, 0.05) is 13.6 Å². The van der Waals surface area contributed by atoms with Gasteiger partial charge in [0.2, 0.25) is 0 Å². The molecule has 7 heteroatoms. The number of nitrogens with one attached hydrogen (secondary N) is 1. The Hall–Kier alpha value is -2.28. The largest absolute Gasteiger partial charge is 0.497 e. The van der Waals surface area contributed by atoms with Gasteiger partial charge in [-0.2, -0.15) is 0 Å². The highest BCUT2D eigenvalue weighted by Crippen LogP contribution is 2.12. The molecule has 0 aliphatic rings. The van der Waals surface area contributed by atoms with Crippen LogP contribution < -0.4 is 10.1 Å². The normalized spacial score (nSPS) is 11.6. The predicted molar refractivity (Wildman–Crippen MR) is 71.5 cm³/mol. The molecule has 7 nitrogen and oxygen atoms in total. The van der Waals surface area contributed by atoms with Gasteiger partial charge in [-0.25, -0.2) is 9.59 Å². The number of carboxylic acid groups (broad SMARTS) is 1. The topological polar surface area (TPSA) is 99.1 Å². The number of rotatable bonds is 6. The fourth-order valence-electron chi connectivity index (χ4n) is 1.48. The van der Waals surface area contributed by atoms with E-state index in [2.05, 4.69) is 5.32 Å². The van der Waals surface area contributed by atoms with Crippen LogP contribution in [0.1, 0.15) is 5.56 Å². The minimum Gasteiger partial charge on any atom is -0.497 e. The first kappa shape index (κ1) is 15.8. The van der Waals surface area contributed by atoms with E-state index in [4.69, 9.17) is 14.9 Å². The van der Waals surface area contributed by atoms with Crippen LogP contribution in [0.15, 0.2) is 24.3 Å². The van der Waals surface area contributed by atoms with E-state index in [-0.39, 0.29) is 6.54 Å². The van der Waals surface area contributed by atoms with Crippen molar-refractivity contribution in [2.75, 3.05) is 20.7 Å². The second-order valence-electron chi connectivity index (χ2n) is 4.24.